The summed E-state index contributed by atoms with van der Waals surface area (Å²) in [6, 6.07) is 8.08. The number of rotatable bonds is 6. The number of nitrogen functional groups attached to an aromatic ring is 1. The summed E-state index contributed by atoms with van der Waals surface area (Å²) in [5.41, 5.74) is 8.13. The fourth-order valence-electron chi connectivity index (χ4n) is 5.90. The number of hydrogen-bond acceptors (Lipinski definition) is 6. The van der Waals surface area contributed by atoms with Crippen LogP contribution in [0, 0.1) is 22.6 Å². The van der Waals surface area contributed by atoms with Crippen molar-refractivity contribution in [2.75, 3.05) is 11.1 Å². The number of anilines is 2. The van der Waals surface area contributed by atoms with Crippen LogP contribution in [0.3, 0.4) is 0 Å². The highest BCUT2D eigenvalue weighted by molar-refractivity contribution is 6.24. The molecule has 4 aliphatic carbocycles. The molecule has 8 nitrogen and oxygen atoms in total. The first kappa shape index (κ1) is 21.6. The van der Waals surface area contributed by atoms with Gasteiger partial charge in [-0.1, -0.05) is 24.7 Å². The van der Waals surface area contributed by atoms with Crippen LogP contribution >= 0.6 is 0 Å². The lowest BCUT2D eigenvalue weighted by atomic mass is 9.35. The van der Waals surface area contributed by atoms with Gasteiger partial charge in [-0.05, 0) is 62.1 Å². The third-order valence-corrected chi connectivity index (χ3v) is 7.95. The lowest BCUT2D eigenvalue weighted by Crippen LogP contribution is -2.62. The molecule has 1 amide bonds. The Morgan fingerprint density at radius 3 is 2.60 bits per heavy atom. The molecule has 0 spiro atoms. The predicted octanol–water partition coefficient (Wildman–Crippen LogP) is 4.73. The molecule has 2 bridgehead atoms. The lowest BCUT2D eigenvalue weighted by molar-refractivity contribution is -0.129. The summed E-state index contributed by atoms with van der Waals surface area (Å²) < 4.78 is 22.1. The summed E-state index contributed by atoms with van der Waals surface area (Å²) in [7, 11) is 0. The van der Waals surface area contributed by atoms with Gasteiger partial charge in [-0.2, -0.15) is 10.4 Å². The molecule has 4 fully saturated rings. The molecule has 0 saturated heterocycles. The van der Waals surface area contributed by atoms with Gasteiger partial charge in [0.25, 0.3) is 5.91 Å². The normalized spacial score (nSPS) is 25.2. The van der Waals surface area contributed by atoms with Gasteiger partial charge in [-0.3, -0.25) is 10.1 Å². The van der Waals surface area contributed by atoms with Crippen molar-refractivity contribution in [3.63, 3.8) is 0 Å². The van der Waals surface area contributed by atoms with Gasteiger partial charge >= 0.3 is 0 Å². The number of nitrogens with two attached hydrogens (primary N) is 1. The van der Waals surface area contributed by atoms with Crippen molar-refractivity contribution in [1.29, 1.82) is 5.26 Å². The van der Waals surface area contributed by atoms with E-state index in [1.165, 1.54) is 12.1 Å². The topological polar surface area (TPSA) is 123 Å². The van der Waals surface area contributed by atoms with Crippen LogP contribution in [0.4, 0.5) is 16.1 Å². The Balaban J connectivity index is 1.20. The van der Waals surface area contributed by atoms with E-state index in [9.17, 15) is 10.1 Å². The Morgan fingerprint density at radius 1 is 1.29 bits per heavy atom. The van der Waals surface area contributed by atoms with Gasteiger partial charge in [0.15, 0.2) is 0 Å². The van der Waals surface area contributed by atoms with Crippen LogP contribution in [0.15, 0.2) is 35.4 Å². The largest absolute Gasteiger partial charge is 0.383 e. The molecule has 1 aromatic carbocycles. The Hall–Kier alpha value is -3.93. The summed E-state index contributed by atoms with van der Waals surface area (Å²) >= 11 is 0. The molecule has 0 radical (unpaired) electrons. The number of amides is 1. The van der Waals surface area contributed by atoms with Crippen molar-refractivity contribution < 1.29 is 13.7 Å². The SMILES string of the molecule is C=C(C(=O)Nc1cc(C23CC(C)(C2)C3)no1)c1ccc(-c2nn(C3(C)CC3)c(N)c2C#N)c(F)c1. The van der Waals surface area contributed by atoms with Gasteiger partial charge < -0.3 is 10.3 Å². The zero-order chi connectivity index (χ0) is 24.8. The second kappa shape index (κ2) is 6.81. The summed E-state index contributed by atoms with van der Waals surface area (Å²) in [5.74, 6) is -0.671. The average Bonchev–Trinajstić information content (AvgIpc) is 3.21. The molecule has 0 unspecified atom stereocenters. The van der Waals surface area contributed by atoms with Crippen LogP contribution in [-0.2, 0) is 15.7 Å². The molecule has 2 aromatic heterocycles. The van der Waals surface area contributed by atoms with Crippen molar-refractivity contribution in [3.05, 3.63) is 53.5 Å². The van der Waals surface area contributed by atoms with E-state index in [2.05, 4.69) is 29.1 Å². The van der Waals surface area contributed by atoms with Crippen LogP contribution in [0.5, 0.6) is 0 Å². The first-order valence-electron chi connectivity index (χ1n) is 11.6. The first-order valence-corrected chi connectivity index (χ1v) is 11.6. The highest BCUT2D eigenvalue weighted by Crippen LogP contribution is 2.73. The monoisotopic (exact) mass is 472 g/mol. The van der Waals surface area contributed by atoms with E-state index in [1.54, 1.807) is 16.8 Å². The molecule has 7 rings (SSSR count). The molecule has 178 valence electrons. The molecule has 3 N–H and O–H groups in total. The number of nitrogens with zero attached hydrogens (tertiary/aromatic N) is 4. The van der Waals surface area contributed by atoms with Crippen LogP contribution in [0.25, 0.3) is 16.8 Å². The Morgan fingerprint density at radius 2 is 2.00 bits per heavy atom. The van der Waals surface area contributed by atoms with Crippen LogP contribution < -0.4 is 11.1 Å². The average molecular weight is 473 g/mol. The molecule has 0 aliphatic heterocycles. The number of nitrogens with one attached hydrogen (secondary N) is 1. The van der Waals surface area contributed by atoms with Gasteiger partial charge in [0, 0.05) is 22.6 Å². The summed E-state index contributed by atoms with van der Waals surface area (Å²) in [5, 5.41) is 20.9. The molecule has 9 heteroatoms. The predicted molar refractivity (Wildman–Crippen MR) is 127 cm³/mol. The van der Waals surface area contributed by atoms with Crippen LogP contribution in [-0.4, -0.2) is 20.8 Å². The molecule has 4 saturated carbocycles. The zero-order valence-corrected chi connectivity index (χ0v) is 19.6. The van der Waals surface area contributed by atoms with Crippen molar-refractivity contribution in [2.24, 2.45) is 5.41 Å². The van der Waals surface area contributed by atoms with Gasteiger partial charge in [0.2, 0.25) is 5.88 Å². The smallest absolute Gasteiger partial charge is 0.258 e. The number of carbonyl (C=O) groups is 1. The fraction of sp³-hybridized carbons (Fsp3) is 0.385. The van der Waals surface area contributed by atoms with Crippen molar-refractivity contribution >= 4 is 23.2 Å². The first-order chi connectivity index (χ1) is 16.6. The van der Waals surface area contributed by atoms with E-state index in [0.717, 1.165) is 37.8 Å². The number of aromatic nitrogens is 3. The number of halogens is 1. The van der Waals surface area contributed by atoms with E-state index >= 15 is 4.39 Å². The number of nitriles is 1. The summed E-state index contributed by atoms with van der Waals surface area (Å²) in [6.07, 6.45) is 5.07. The van der Waals surface area contributed by atoms with Crippen molar-refractivity contribution in [1.82, 2.24) is 14.9 Å². The molecule has 2 heterocycles. The minimum absolute atomic E-state index is 0.0717. The van der Waals surface area contributed by atoms with Crippen LogP contribution in [0.1, 0.15) is 62.8 Å². The summed E-state index contributed by atoms with van der Waals surface area (Å²) in [4.78, 5) is 12.8. The van der Waals surface area contributed by atoms with Crippen molar-refractivity contribution in [3.8, 4) is 17.3 Å². The zero-order valence-electron chi connectivity index (χ0n) is 19.6. The van der Waals surface area contributed by atoms with Crippen LogP contribution in [0.2, 0.25) is 0 Å². The maximum absolute atomic E-state index is 15.2. The third kappa shape index (κ3) is 3.13. The lowest BCUT2D eigenvalue weighted by Gasteiger charge is -2.68. The maximum Gasteiger partial charge on any atom is 0.258 e. The number of hydrogen-bond donors (Lipinski definition) is 2. The van der Waals surface area contributed by atoms with E-state index < -0.39 is 11.7 Å². The molecule has 4 aliphatic rings. The molecule has 35 heavy (non-hydrogen) atoms. The third-order valence-electron chi connectivity index (χ3n) is 7.95. The standard InChI is InChI=1S/C26H25FN6O2/c1-14(23(34)30-20-9-19(32-35-20)26-11-24(2,12-26)13-26)15-4-5-16(18(27)8-15)21-17(10-28)22(29)33(31-21)25(3)6-7-25/h4-5,8-9H,1,6-7,11-13,29H2,2-3H3,(H,30,34). The van der Waals surface area contributed by atoms with Gasteiger partial charge in [-0.25, -0.2) is 9.07 Å². The van der Waals surface area contributed by atoms with E-state index in [-0.39, 0.29) is 45.0 Å². The van der Waals surface area contributed by atoms with E-state index in [0.29, 0.717) is 11.0 Å². The Labute approximate surface area is 201 Å². The highest BCUT2D eigenvalue weighted by Gasteiger charge is 2.66. The Bertz CT molecular complexity index is 1450. The highest BCUT2D eigenvalue weighted by atomic mass is 19.1. The van der Waals surface area contributed by atoms with Crippen molar-refractivity contribution in [2.45, 2.75) is 56.9 Å². The van der Waals surface area contributed by atoms with Gasteiger partial charge in [0.1, 0.15) is 29.0 Å². The summed E-state index contributed by atoms with van der Waals surface area (Å²) in [6.45, 7) is 8.08. The van der Waals surface area contributed by atoms with E-state index in [1.807, 2.05) is 13.0 Å². The molecule has 0 atom stereocenters. The minimum Gasteiger partial charge on any atom is -0.383 e. The molecule has 3 aromatic rings. The second-order valence-corrected chi connectivity index (χ2v) is 11.0. The van der Waals surface area contributed by atoms with Gasteiger partial charge in [0.05, 0.1) is 11.2 Å². The van der Waals surface area contributed by atoms with Gasteiger partial charge in [-0.15, -0.1) is 0 Å². The Kier molecular flexibility index (Phi) is 4.20. The maximum atomic E-state index is 15.2. The minimum atomic E-state index is -0.627. The van der Waals surface area contributed by atoms with E-state index in [4.69, 9.17) is 10.3 Å². The second-order valence-electron chi connectivity index (χ2n) is 11.0. The number of benzene rings is 1. The molecular formula is C26H25FN6O2. The number of carbonyl (C=O) groups excluding carboxylic acids is 1. The fourth-order valence-corrected chi connectivity index (χ4v) is 5.90. The quantitative estimate of drug-likeness (QED) is 0.500. The molecular weight excluding hydrogens is 447 g/mol.